The number of aryl methyl sites for hydroxylation is 2. The summed E-state index contributed by atoms with van der Waals surface area (Å²) in [6.07, 6.45) is 0. The molecular weight excluding hydrogens is 609 g/mol. The molecule has 0 amide bonds. The van der Waals surface area contributed by atoms with Crippen molar-refractivity contribution in [2.45, 2.75) is 55.0 Å². The number of ether oxygens (including phenoxy) is 2. The molecule has 2 aliphatic rings. The lowest BCUT2D eigenvalue weighted by atomic mass is 9.78. The van der Waals surface area contributed by atoms with Gasteiger partial charge < -0.3 is 9.47 Å². The van der Waals surface area contributed by atoms with Gasteiger partial charge in [0.2, 0.25) is 20.0 Å². The van der Waals surface area contributed by atoms with Gasteiger partial charge in [-0.05, 0) is 73.5 Å². The van der Waals surface area contributed by atoms with Crippen LogP contribution in [0.15, 0.2) is 107 Å². The van der Waals surface area contributed by atoms with Crippen LogP contribution in [0.2, 0.25) is 0 Å². The van der Waals surface area contributed by atoms with Crippen LogP contribution in [0, 0.1) is 13.8 Å². The highest BCUT2D eigenvalue weighted by Gasteiger charge is 2.46. The molecule has 2 saturated heterocycles. The second kappa shape index (κ2) is 11.9. The van der Waals surface area contributed by atoms with Crippen molar-refractivity contribution in [2.75, 3.05) is 26.3 Å². The van der Waals surface area contributed by atoms with E-state index < -0.39 is 20.0 Å². The fourth-order valence-electron chi connectivity index (χ4n) is 5.36. The maximum absolute atomic E-state index is 12.9. The van der Waals surface area contributed by atoms with Crippen molar-refractivity contribution in [3.05, 3.63) is 119 Å². The van der Waals surface area contributed by atoms with Crippen molar-refractivity contribution in [1.29, 1.82) is 0 Å². The van der Waals surface area contributed by atoms with Gasteiger partial charge in [-0.15, -0.1) is 0 Å². The molecule has 4 aromatic rings. The normalized spacial score (nSPS) is 21.2. The molecule has 236 valence electrons. The molecule has 0 radical (unpaired) electrons. The Morgan fingerprint density at radius 1 is 0.578 bits per heavy atom. The van der Waals surface area contributed by atoms with E-state index in [9.17, 15) is 16.8 Å². The van der Waals surface area contributed by atoms with Crippen molar-refractivity contribution in [3.63, 3.8) is 0 Å². The minimum atomic E-state index is -3.50. The molecule has 0 N–H and O–H groups in total. The van der Waals surface area contributed by atoms with E-state index in [1.54, 1.807) is 48.5 Å². The number of hydrogen-bond donors (Lipinski definition) is 0. The summed E-state index contributed by atoms with van der Waals surface area (Å²) in [7, 11) is -7.01. The molecule has 0 spiro atoms. The summed E-state index contributed by atoms with van der Waals surface area (Å²) < 4.78 is 66.2. The van der Waals surface area contributed by atoms with Crippen LogP contribution in [0.4, 0.5) is 0 Å². The van der Waals surface area contributed by atoms with Gasteiger partial charge in [0.05, 0.1) is 21.9 Å². The average Bonchev–Trinajstić information content (AvgIpc) is 3.95. The Morgan fingerprint density at radius 3 is 1.24 bits per heavy atom. The van der Waals surface area contributed by atoms with Crippen LogP contribution in [-0.2, 0) is 25.5 Å². The summed E-state index contributed by atoms with van der Waals surface area (Å²) in [4.78, 5) is 0.612. The SMILES string of the molecule is Cc1ccc(S(=O)(=O)N2CC2COc2ccc(C(C)(C)c3ccc(OCC4CN4S(=O)(=O)c4ccc(C)cc4)cc3)cc2)cc1. The Kier molecular flexibility index (Phi) is 8.28. The largest absolute Gasteiger partial charge is 0.492 e. The Morgan fingerprint density at radius 2 is 0.911 bits per heavy atom. The van der Waals surface area contributed by atoms with Gasteiger partial charge in [0.15, 0.2) is 0 Å². The predicted octanol–water partition coefficient (Wildman–Crippen LogP) is 5.53. The quantitative estimate of drug-likeness (QED) is 0.188. The van der Waals surface area contributed by atoms with E-state index in [0.29, 0.717) is 47.6 Å². The number of sulfonamides is 2. The van der Waals surface area contributed by atoms with Gasteiger partial charge in [-0.3, -0.25) is 0 Å². The lowest BCUT2D eigenvalue weighted by Crippen LogP contribution is -2.19. The van der Waals surface area contributed by atoms with E-state index in [4.69, 9.17) is 9.47 Å². The van der Waals surface area contributed by atoms with E-state index in [0.717, 1.165) is 22.3 Å². The molecule has 4 unspecified atom stereocenters. The second-order valence-electron chi connectivity index (χ2n) is 12.4. The van der Waals surface area contributed by atoms with Gasteiger partial charge in [-0.25, -0.2) is 16.8 Å². The zero-order chi connectivity index (χ0) is 32.0. The van der Waals surface area contributed by atoms with Crippen molar-refractivity contribution < 1.29 is 26.3 Å². The van der Waals surface area contributed by atoms with Crippen molar-refractivity contribution in [3.8, 4) is 11.5 Å². The molecule has 10 heteroatoms. The molecule has 2 heterocycles. The van der Waals surface area contributed by atoms with Gasteiger partial charge in [0.1, 0.15) is 24.7 Å². The molecule has 0 saturated carbocycles. The third kappa shape index (κ3) is 6.65. The van der Waals surface area contributed by atoms with Crippen LogP contribution in [0.1, 0.15) is 36.1 Å². The van der Waals surface area contributed by atoms with Crippen LogP contribution in [0.3, 0.4) is 0 Å². The minimum Gasteiger partial charge on any atom is -0.492 e. The van der Waals surface area contributed by atoms with Gasteiger partial charge in [-0.2, -0.15) is 8.61 Å². The molecule has 2 fully saturated rings. The lowest BCUT2D eigenvalue weighted by molar-refractivity contribution is 0.309. The zero-order valence-corrected chi connectivity index (χ0v) is 27.5. The summed E-state index contributed by atoms with van der Waals surface area (Å²) in [6.45, 7) is 9.65. The molecule has 0 aliphatic carbocycles. The molecule has 2 aliphatic heterocycles. The topological polar surface area (TPSA) is 92.8 Å². The van der Waals surface area contributed by atoms with E-state index in [1.807, 2.05) is 62.4 Å². The highest BCUT2D eigenvalue weighted by Crippen LogP contribution is 2.35. The molecule has 8 nitrogen and oxygen atoms in total. The molecule has 0 aromatic heterocycles. The summed E-state index contributed by atoms with van der Waals surface area (Å²) in [5, 5.41) is 0. The molecule has 4 atom stereocenters. The van der Waals surface area contributed by atoms with Gasteiger partial charge in [0, 0.05) is 18.5 Å². The Bertz CT molecular complexity index is 1730. The summed E-state index contributed by atoms with van der Waals surface area (Å²) in [5.74, 6) is 1.38. The van der Waals surface area contributed by atoms with E-state index in [-0.39, 0.29) is 17.5 Å². The third-order valence-corrected chi connectivity index (χ3v) is 12.5. The number of hydrogen-bond acceptors (Lipinski definition) is 6. The monoisotopic (exact) mass is 646 g/mol. The number of benzene rings is 4. The molecule has 0 bridgehead atoms. The average molecular weight is 647 g/mol. The van der Waals surface area contributed by atoms with E-state index in [1.165, 1.54) is 8.61 Å². The van der Waals surface area contributed by atoms with E-state index in [2.05, 4.69) is 13.8 Å². The van der Waals surface area contributed by atoms with Crippen LogP contribution in [0.25, 0.3) is 0 Å². The first kappa shape index (κ1) is 31.3. The lowest BCUT2D eigenvalue weighted by Gasteiger charge is -2.26. The standard InChI is InChI=1S/C35H38N2O6S2/c1-25-5-17-33(18-6-25)44(38,39)36-21-29(36)23-42-31-13-9-27(10-14-31)35(3,4)28-11-15-32(16-12-28)43-24-30-22-37(30)45(40,41)34-19-7-26(2)8-20-34/h5-20,29-30H,21-24H2,1-4H3. The van der Waals surface area contributed by atoms with Crippen LogP contribution < -0.4 is 9.47 Å². The maximum Gasteiger partial charge on any atom is 0.243 e. The summed E-state index contributed by atoms with van der Waals surface area (Å²) >= 11 is 0. The van der Waals surface area contributed by atoms with Crippen molar-refractivity contribution in [2.24, 2.45) is 0 Å². The first-order valence-corrected chi connectivity index (χ1v) is 17.9. The number of rotatable bonds is 12. The minimum absolute atomic E-state index is 0.172. The Labute approximate surface area is 266 Å². The molecule has 4 aromatic carbocycles. The molecular formula is C35H38N2O6S2. The summed E-state index contributed by atoms with van der Waals surface area (Å²) in [5.41, 5.74) is 3.96. The van der Waals surface area contributed by atoms with Crippen LogP contribution in [0.5, 0.6) is 11.5 Å². The smallest absolute Gasteiger partial charge is 0.243 e. The molecule has 6 rings (SSSR count). The van der Waals surface area contributed by atoms with Crippen molar-refractivity contribution >= 4 is 20.0 Å². The fourth-order valence-corrected chi connectivity index (χ4v) is 8.50. The van der Waals surface area contributed by atoms with E-state index >= 15 is 0 Å². The van der Waals surface area contributed by atoms with Gasteiger partial charge in [0.25, 0.3) is 0 Å². The van der Waals surface area contributed by atoms with Crippen LogP contribution >= 0.6 is 0 Å². The van der Waals surface area contributed by atoms with Gasteiger partial charge >= 0.3 is 0 Å². The van der Waals surface area contributed by atoms with Crippen molar-refractivity contribution in [1.82, 2.24) is 8.61 Å². The maximum atomic E-state index is 12.9. The first-order valence-electron chi connectivity index (χ1n) is 15.0. The summed E-state index contributed by atoms with van der Waals surface area (Å²) in [6, 6.07) is 29.3. The second-order valence-corrected chi connectivity index (χ2v) is 16.2. The number of nitrogens with zero attached hydrogens (tertiary/aromatic N) is 2. The zero-order valence-electron chi connectivity index (χ0n) is 25.9. The van der Waals surface area contributed by atoms with Gasteiger partial charge in [-0.1, -0.05) is 73.5 Å². The first-order chi connectivity index (χ1) is 21.4. The van der Waals surface area contributed by atoms with Crippen LogP contribution in [-0.4, -0.2) is 63.8 Å². The Balaban J connectivity index is 0.998. The third-order valence-electron chi connectivity index (χ3n) is 8.62. The Hall–Kier alpha value is -3.70. The predicted molar refractivity (Wildman–Crippen MR) is 174 cm³/mol. The highest BCUT2D eigenvalue weighted by molar-refractivity contribution is 7.89. The highest BCUT2D eigenvalue weighted by atomic mass is 32.2. The molecule has 45 heavy (non-hydrogen) atoms. The fraction of sp³-hybridized carbons (Fsp3) is 0.314.